The van der Waals surface area contributed by atoms with Gasteiger partial charge >= 0.3 is 11.9 Å². The number of fused-ring (bicyclic) bond motifs is 6. The second-order valence-electron chi connectivity index (χ2n) is 9.42. The van der Waals surface area contributed by atoms with Gasteiger partial charge in [0.25, 0.3) is 0 Å². The molecule has 2 heterocycles. The fourth-order valence-electron chi connectivity index (χ4n) is 5.02. The number of benzene rings is 4. The number of methoxy groups -OCH3 is 1. The minimum atomic E-state index is -2.30. The van der Waals surface area contributed by atoms with Crippen LogP contribution in [0.25, 0.3) is 0 Å². The molecular formula is C32H24F5NO7. The van der Waals surface area contributed by atoms with Crippen molar-refractivity contribution in [2.45, 2.75) is 26.4 Å². The van der Waals surface area contributed by atoms with E-state index in [0.717, 1.165) is 0 Å². The Balaban J connectivity index is 0.00000196. The lowest BCUT2D eigenvalue weighted by molar-refractivity contribution is -0.147. The molecule has 0 amide bonds. The van der Waals surface area contributed by atoms with Crippen LogP contribution in [-0.4, -0.2) is 25.8 Å². The summed E-state index contributed by atoms with van der Waals surface area (Å²) in [5, 5.41) is 2.18. The fraction of sp³-hybridized carbons (Fsp3) is 0.188. The maximum atomic E-state index is 14.3. The summed E-state index contributed by atoms with van der Waals surface area (Å²) in [6, 6.07) is 13.4. The Morgan fingerprint density at radius 1 is 0.800 bits per heavy atom. The van der Waals surface area contributed by atoms with E-state index in [1.54, 1.807) is 30.3 Å². The van der Waals surface area contributed by atoms with E-state index in [9.17, 15) is 31.5 Å². The van der Waals surface area contributed by atoms with E-state index in [4.69, 9.17) is 23.7 Å². The van der Waals surface area contributed by atoms with Crippen molar-refractivity contribution in [1.29, 1.82) is 0 Å². The van der Waals surface area contributed by atoms with Crippen molar-refractivity contribution in [2.75, 3.05) is 19.2 Å². The lowest BCUT2D eigenvalue weighted by Gasteiger charge is -2.36. The molecular weight excluding hydrogens is 605 g/mol. The van der Waals surface area contributed by atoms with Crippen LogP contribution in [0.3, 0.4) is 0 Å². The summed E-state index contributed by atoms with van der Waals surface area (Å²) in [7, 11) is 1.46. The lowest BCUT2D eigenvalue weighted by Crippen LogP contribution is -2.33. The van der Waals surface area contributed by atoms with Crippen molar-refractivity contribution in [3.8, 4) is 23.0 Å². The second-order valence-corrected chi connectivity index (χ2v) is 9.42. The Morgan fingerprint density at radius 3 is 1.96 bits per heavy atom. The van der Waals surface area contributed by atoms with Gasteiger partial charge in [-0.15, -0.1) is 0 Å². The van der Waals surface area contributed by atoms with Crippen LogP contribution >= 0.6 is 0 Å². The Morgan fingerprint density at radius 2 is 1.36 bits per heavy atom. The quantitative estimate of drug-likeness (QED) is 0.0766. The monoisotopic (exact) mass is 629 g/mol. The van der Waals surface area contributed by atoms with E-state index in [-0.39, 0.29) is 35.3 Å². The normalized spacial score (nSPS) is 15.4. The second kappa shape index (κ2) is 12.0. The van der Waals surface area contributed by atoms with Crippen LogP contribution in [0.2, 0.25) is 0 Å². The highest BCUT2D eigenvalue weighted by Crippen LogP contribution is 2.57. The maximum absolute atomic E-state index is 14.3. The van der Waals surface area contributed by atoms with E-state index in [2.05, 4.69) is 5.32 Å². The number of hydrogen-bond acceptors (Lipinski definition) is 8. The summed E-state index contributed by atoms with van der Waals surface area (Å²) >= 11 is 0. The molecule has 1 atom stereocenters. The van der Waals surface area contributed by atoms with Crippen LogP contribution < -0.4 is 19.5 Å². The topological polar surface area (TPSA) is 92.3 Å². The largest absolute Gasteiger partial charge is 0.497 e. The first-order chi connectivity index (χ1) is 21.5. The molecule has 0 aromatic heterocycles. The summed E-state index contributed by atoms with van der Waals surface area (Å²) in [6.07, 6.45) is 0. The van der Waals surface area contributed by atoms with Crippen molar-refractivity contribution < 1.29 is 55.2 Å². The highest BCUT2D eigenvalue weighted by molar-refractivity contribution is 5.98. The molecule has 234 valence electrons. The predicted molar refractivity (Wildman–Crippen MR) is 149 cm³/mol. The molecule has 0 fully saturated rings. The van der Waals surface area contributed by atoms with E-state index < -0.39 is 52.3 Å². The van der Waals surface area contributed by atoms with Gasteiger partial charge in [0, 0.05) is 41.4 Å². The number of anilines is 2. The van der Waals surface area contributed by atoms with Gasteiger partial charge in [-0.25, -0.2) is 26.7 Å². The number of carbonyl (C=O) groups is 2. The first-order valence-corrected chi connectivity index (χ1v) is 13.5. The zero-order valence-corrected chi connectivity index (χ0v) is 24.2. The van der Waals surface area contributed by atoms with Crippen LogP contribution in [-0.2, 0) is 19.9 Å². The van der Waals surface area contributed by atoms with E-state index >= 15 is 0 Å². The summed E-state index contributed by atoms with van der Waals surface area (Å²) in [5.74, 6) is -10.8. The van der Waals surface area contributed by atoms with Crippen molar-refractivity contribution >= 4 is 23.3 Å². The van der Waals surface area contributed by atoms with Crippen LogP contribution in [0.4, 0.5) is 33.3 Å². The van der Waals surface area contributed by atoms with Crippen molar-refractivity contribution in [1.82, 2.24) is 0 Å². The zero-order valence-electron chi connectivity index (χ0n) is 24.2. The molecule has 6 rings (SSSR count). The maximum Gasteiger partial charge on any atom is 0.340 e. The van der Waals surface area contributed by atoms with E-state index in [1.807, 2.05) is 13.8 Å². The molecule has 1 spiro atoms. The molecule has 8 nitrogen and oxygen atoms in total. The Bertz CT molecular complexity index is 1820. The third-order valence-electron chi connectivity index (χ3n) is 6.95. The van der Waals surface area contributed by atoms with Gasteiger partial charge in [0.15, 0.2) is 28.9 Å². The number of nitrogens with one attached hydrogen (secondary N) is 1. The Kier molecular flexibility index (Phi) is 8.28. The molecule has 0 aliphatic carbocycles. The first-order valence-electron chi connectivity index (χ1n) is 13.5. The van der Waals surface area contributed by atoms with Crippen molar-refractivity contribution in [3.05, 3.63) is 106 Å². The molecule has 1 N–H and O–H groups in total. The zero-order chi connectivity index (χ0) is 32.6. The number of esters is 2. The third-order valence-corrected chi connectivity index (χ3v) is 6.95. The van der Waals surface area contributed by atoms with E-state index in [1.165, 1.54) is 38.3 Å². The molecule has 1 unspecified atom stereocenters. The van der Waals surface area contributed by atoms with Crippen molar-refractivity contribution in [2.24, 2.45) is 0 Å². The minimum absolute atomic E-state index is 0.0429. The smallest absolute Gasteiger partial charge is 0.340 e. The van der Waals surface area contributed by atoms with Crippen LogP contribution in [0.5, 0.6) is 23.0 Å². The van der Waals surface area contributed by atoms with Gasteiger partial charge < -0.3 is 29.0 Å². The Hall–Kier alpha value is -5.33. The number of hydrogen-bond donors (Lipinski definition) is 1. The molecule has 45 heavy (non-hydrogen) atoms. The van der Waals surface area contributed by atoms with E-state index in [0.29, 0.717) is 22.4 Å². The van der Waals surface area contributed by atoms with Gasteiger partial charge in [-0.2, -0.15) is 0 Å². The van der Waals surface area contributed by atoms with Gasteiger partial charge in [-0.3, -0.25) is 4.79 Å². The lowest BCUT2D eigenvalue weighted by atomic mass is 9.77. The van der Waals surface area contributed by atoms with Gasteiger partial charge in [0.2, 0.25) is 12.6 Å². The summed E-state index contributed by atoms with van der Waals surface area (Å²) < 4.78 is 97.5. The number of carbonyl (C=O) groups excluding carboxylic acids is 2. The van der Waals surface area contributed by atoms with Crippen LogP contribution in [0, 0.1) is 29.1 Å². The van der Waals surface area contributed by atoms with Crippen LogP contribution in [0.15, 0.2) is 54.6 Å². The van der Waals surface area contributed by atoms with Gasteiger partial charge in [-0.05, 0) is 36.4 Å². The first kappa shape index (κ1) is 31.1. The average Bonchev–Trinajstić information content (AvgIpc) is 3.33. The molecule has 2 aliphatic rings. The molecule has 0 bridgehead atoms. The molecule has 0 saturated heterocycles. The van der Waals surface area contributed by atoms with Crippen LogP contribution in [0.1, 0.15) is 47.8 Å². The average molecular weight is 630 g/mol. The standard InChI is InChI=1S/C30H18F5NO7.C2H6/c1-13(37)40-12-41-16-5-8-20-22(11-16)42-21-10-15(39-2)4-7-19(21)30(20)18-6-3-14(9-17(18)29(38)43-30)36-28-26(34)24(32)23(31)25(33)27(28)35;1-2/h3-11,36H,12H2,1-2H3;1-2H3. The third kappa shape index (κ3) is 5.13. The highest BCUT2D eigenvalue weighted by atomic mass is 19.2. The summed E-state index contributed by atoms with van der Waals surface area (Å²) in [5.41, 5.74) is -1.93. The van der Waals surface area contributed by atoms with Crippen molar-refractivity contribution in [3.63, 3.8) is 0 Å². The highest BCUT2D eigenvalue weighted by Gasteiger charge is 2.53. The molecule has 4 aromatic carbocycles. The SMILES string of the molecule is CC.COc1ccc2c(c1)Oc1cc(OCOC(C)=O)ccc1C21OC(=O)c2cc(Nc3c(F)c(F)c(F)c(F)c3F)ccc21. The molecule has 0 saturated carbocycles. The van der Waals surface area contributed by atoms with Gasteiger partial charge in [0.1, 0.15) is 28.7 Å². The summed E-state index contributed by atoms with van der Waals surface area (Å²) in [6.45, 7) is 4.86. The van der Waals surface area contributed by atoms with Gasteiger partial charge in [0.05, 0.1) is 12.7 Å². The molecule has 4 aromatic rings. The molecule has 13 heteroatoms. The van der Waals surface area contributed by atoms with Gasteiger partial charge in [-0.1, -0.05) is 19.9 Å². The molecule has 0 radical (unpaired) electrons. The number of halogens is 5. The Labute approximate surface area is 253 Å². The minimum Gasteiger partial charge on any atom is -0.497 e. The molecule has 2 aliphatic heterocycles. The predicted octanol–water partition coefficient (Wildman–Crippen LogP) is 7.63. The fourth-order valence-corrected chi connectivity index (χ4v) is 5.02. The number of ether oxygens (including phenoxy) is 5. The number of rotatable bonds is 6. The summed E-state index contributed by atoms with van der Waals surface area (Å²) in [4.78, 5) is 24.4.